The first-order chi connectivity index (χ1) is 8.06. The molecule has 1 rings (SSSR count). The second-order valence-electron chi connectivity index (χ2n) is 4.66. The molecule has 1 heterocycles. The molecule has 5 nitrogen and oxygen atoms in total. The van der Waals surface area contributed by atoms with E-state index in [1.165, 1.54) is 0 Å². The van der Waals surface area contributed by atoms with Gasteiger partial charge in [0.25, 0.3) is 0 Å². The van der Waals surface area contributed by atoms with Crippen LogP contribution in [0.3, 0.4) is 0 Å². The second kappa shape index (κ2) is 6.61. The van der Waals surface area contributed by atoms with Gasteiger partial charge < -0.3 is 19.5 Å². The molecule has 0 amide bonds. The highest BCUT2D eigenvalue weighted by molar-refractivity contribution is 5.26. The standard InChI is InChI=1S/C12H24N4O/c1-10(15(3)4)8-14-12-13-6-7-16(12)11(2)9-17-5/h6-7,10-11H,8-9H2,1-5H3,(H,13,14). The molecule has 1 aromatic rings. The number of rotatable bonds is 7. The van der Waals surface area contributed by atoms with Gasteiger partial charge in [-0.3, -0.25) is 0 Å². The predicted octanol–water partition coefficient (Wildman–Crippen LogP) is 1.45. The van der Waals surface area contributed by atoms with Crippen LogP contribution in [0.5, 0.6) is 0 Å². The summed E-state index contributed by atoms with van der Waals surface area (Å²) in [5, 5.41) is 3.37. The van der Waals surface area contributed by atoms with Crippen LogP contribution in [0.15, 0.2) is 12.4 Å². The first kappa shape index (κ1) is 14.0. The lowest BCUT2D eigenvalue weighted by molar-refractivity contribution is 0.163. The van der Waals surface area contributed by atoms with Crippen LogP contribution in [-0.4, -0.2) is 54.8 Å². The van der Waals surface area contributed by atoms with Crippen LogP contribution in [-0.2, 0) is 4.74 Å². The number of ether oxygens (including phenoxy) is 1. The lowest BCUT2D eigenvalue weighted by Gasteiger charge is -2.22. The van der Waals surface area contributed by atoms with Crippen molar-refractivity contribution in [2.45, 2.75) is 25.9 Å². The zero-order chi connectivity index (χ0) is 12.8. The van der Waals surface area contributed by atoms with E-state index in [1.807, 2.05) is 12.4 Å². The lowest BCUT2D eigenvalue weighted by Crippen LogP contribution is -2.32. The van der Waals surface area contributed by atoms with Gasteiger partial charge in [-0.05, 0) is 27.9 Å². The average molecular weight is 240 g/mol. The highest BCUT2D eigenvalue weighted by atomic mass is 16.5. The molecule has 1 aromatic heterocycles. The maximum Gasteiger partial charge on any atom is 0.203 e. The van der Waals surface area contributed by atoms with E-state index in [0.29, 0.717) is 18.7 Å². The van der Waals surface area contributed by atoms with Gasteiger partial charge in [-0.2, -0.15) is 0 Å². The average Bonchev–Trinajstić information content (AvgIpc) is 2.74. The topological polar surface area (TPSA) is 42.3 Å². The van der Waals surface area contributed by atoms with Crippen molar-refractivity contribution in [3.8, 4) is 0 Å². The Morgan fingerprint density at radius 2 is 2.18 bits per heavy atom. The molecule has 17 heavy (non-hydrogen) atoms. The van der Waals surface area contributed by atoms with Crippen molar-refractivity contribution in [3.05, 3.63) is 12.4 Å². The third-order valence-corrected chi connectivity index (χ3v) is 2.99. The predicted molar refractivity (Wildman–Crippen MR) is 70.5 cm³/mol. The highest BCUT2D eigenvalue weighted by Gasteiger charge is 2.11. The molecule has 0 aliphatic rings. The van der Waals surface area contributed by atoms with E-state index in [-0.39, 0.29) is 0 Å². The summed E-state index contributed by atoms with van der Waals surface area (Å²) in [4.78, 5) is 6.51. The van der Waals surface area contributed by atoms with Crippen LogP contribution in [0.2, 0.25) is 0 Å². The Balaban J connectivity index is 2.57. The van der Waals surface area contributed by atoms with Crippen LogP contribution in [0, 0.1) is 0 Å². The SMILES string of the molecule is COCC(C)n1ccnc1NCC(C)N(C)C. The molecule has 0 aromatic carbocycles. The van der Waals surface area contributed by atoms with Crippen molar-refractivity contribution in [1.82, 2.24) is 14.5 Å². The number of anilines is 1. The van der Waals surface area contributed by atoms with E-state index in [2.05, 4.69) is 47.7 Å². The van der Waals surface area contributed by atoms with Gasteiger partial charge in [0.15, 0.2) is 0 Å². The van der Waals surface area contributed by atoms with Crippen LogP contribution in [0.25, 0.3) is 0 Å². The molecular formula is C12H24N4O. The molecule has 98 valence electrons. The minimum Gasteiger partial charge on any atom is -0.383 e. The van der Waals surface area contributed by atoms with Crippen LogP contribution >= 0.6 is 0 Å². The molecule has 0 bridgehead atoms. The van der Waals surface area contributed by atoms with E-state index in [0.717, 1.165) is 12.5 Å². The Labute approximate surface area is 104 Å². The molecule has 0 saturated carbocycles. The molecule has 0 radical (unpaired) electrons. The van der Waals surface area contributed by atoms with Crippen LogP contribution < -0.4 is 5.32 Å². The highest BCUT2D eigenvalue weighted by Crippen LogP contribution is 2.13. The van der Waals surface area contributed by atoms with Gasteiger partial charge in [0.1, 0.15) is 0 Å². The zero-order valence-corrected chi connectivity index (χ0v) is 11.5. The number of nitrogens with zero attached hydrogens (tertiary/aromatic N) is 3. The van der Waals surface area contributed by atoms with Crippen LogP contribution in [0.4, 0.5) is 5.95 Å². The van der Waals surface area contributed by atoms with Crippen molar-refractivity contribution >= 4 is 5.95 Å². The normalized spacial score (nSPS) is 14.9. The quantitative estimate of drug-likeness (QED) is 0.783. The van der Waals surface area contributed by atoms with Gasteiger partial charge >= 0.3 is 0 Å². The fourth-order valence-corrected chi connectivity index (χ4v) is 1.55. The largest absolute Gasteiger partial charge is 0.383 e. The summed E-state index contributed by atoms with van der Waals surface area (Å²) in [5.41, 5.74) is 0. The Morgan fingerprint density at radius 3 is 2.76 bits per heavy atom. The fourth-order valence-electron chi connectivity index (χ4n) is 1.55. The summed E-state index contributed by atoms with van der Waals surface area (Å²) in [6, 6.07) is 0.762. The van der Waals surface area contributed by atoms with E-state index >= 15 is 0 Å². The molecule has 0 aliphatic heterocycles. The number of hydrogen-bond donors (Lipinski definition) is 1. The van der Waals surface area contributed by atoms with Gasteiger partial charge in [0.05, 0.1) is 12.6 Å². The van der Waals surface area contributed by atoms with Crippen molar-refractivity contribution < 1.29 is 4.74 Å². The van der Waals surface area contributed by atoms with Crippen molar-refractivity contribution in [3.63, 3.8) is 0 Å². The fraction of sp³-hybridized carbons (Fsp3) is 0.750. The molecule has 0 saturated heterocycles. The van der Waals surface area contributed by atoms with Gasteiger partial charge in [-0.15, -0.1) is 0 Å². The lowest BCUT2D eigenvalue weighted by atomic mass is 10.3. The number of hydrogen-bond acceptors (Lipinski definition) is 4. The number of imidazole rings is 1. The summed E-state index contributed by atoms with van der Waals surface area (Å²) in [7, 11) is 5.87. The van der Waals surface area contributed by atoms with Crippen molar-refractivity contribution in [2.75, 3.05) is 39.7 Å². The summed E-state index contributed by atoms with van der Waals surface area (Å²) in [5.74, 6) is 0.906. The van der Waals surface area contributed by atoms with Gasteiger partial charge in [-0.1, -0.05) is 0 Å². The second-order valence-corrected chi connectivity index (χ2v) is 4.66. The first-order valence-electron chi connectivity index (χ1n) is 5.98. The summed E-state index contributed by atoms with van der Waals surface area (Å²) in [6.07, 6.45) is 3.79. The summed E-state index contributed by atoms with van der Waals surface area (Å²) in [6.45, 7) is 5.86. The third-order valence-electron chi connectivity index (χ3n) is 2.99. The first-order valence-corrected chi connectivity index (χ1v) is 5.98. The smallest absolute Gasteiger partial charge is 0.203 e. The van der Waals surface area contributed by atoms with Gasteiger partial charge in [0, 0.05) is 32.1 Å². The Hall–Kier alpha value is -1.07. The van der Waals surface area contributed by atoms with E-state index in [4.69, 9.17) is 4.74 Å². The maximum absolute atomic E-state index is 5.16. The Morgan fingerprint density at radius 1 is 1.47 bits per heavy atom. The molecule has 0 aliphatic carbocycles. The number of nitrogens with one attached hydrogen (secondary N) is 1. The molecule has 2 unspecified atom stereocenters. The number of likely N-dealkylation sites (N-methyl/N-ethyl adjacent to an activating group) is 1. The van der Waals surface area contributed by atoms with E-state index in [1.54, 1.807) is 7.11 Å². The van der Waals surface area contributed by atoms with Crippen LogP contribution in [0.1, 0.15) is 19.9 Å². The molecule has 1 N–H and O–H groups in total. The van der Waals surface area contributed by atoms with E-state index < -0.39 is 0 Å². The number of methoxy groups -OCH3 is 1. The van der Waals surface area contributed by atoms with E-state index in [9.17, 15) is 0 Å². The molecule has 0 fully saturated rings. The molecule has 5 heteroatoms. The van der Waals surface area contributed by atoms with Crippen molar-refractivity contribution in [1.29, 1.82) is 0 Å². The minimum atomic E-state index is 0.291. The monoisotopic (exact) mass is 240 g/mol. The molecule has 0 spiro atoms. The Kier molecular flexibility index (Phi) is 5.44. The zero-order valence-electron chi connectivity index (χ0n) is 11.5. The van der Waals surface area contributed by atoms with Crippen molar-refractivity contribution in [2.24, 2.45) is 0 Å². The van der Waals surface area contributed by atoms with Gasteiger partial charge in [-0.25, -0.2) is 4.98 Å². The summed E-state index contributed by atoms with van der Waals surface area (Å²) >= 11 is 0. The third kappa shape index (κ3) is 4.02. The number of aromatic nitrogens is 2. The minimum absolute atomic E-state index is 0.291. The molecule has 2 atom stereocenters. The Bertz CT molecular complexity index is 324. The summed E-state index contributed by atoms with van der Waals surface area (Å²) < 4.78 is 7.26. The van der Waals surface area contributed by atoms with Gasteiger partial charge in [0.2, 0.25) is 5.95 Å². The maximum atomic E-state index is 5.16. The molecular weight excluding hydrogens is 216 g/mol.